The molecule has 0 atom stereocenters. The molecule has 2 N–H and O–H groups in total. The number of amidine groups is 1. The number of nitro benzene ring substituents is 1. The monoisotopic (exact) mass is 486 g/mol. The van der Waals surface area contributed by atoms with E-state index in [0.29, 0.717) is 21.3 Å². The van der Waals surface area contributed by atoms with Crippen LogP contribution in [0, 0.1) is 10.1 Å². The summed E-state index contributed by atoms with van der Waals surface area (Å²) in [6, 6.07) is 11.9. The van der Waals surface area contributed by atoms with Crippen molar-refractivity contribution in [1.29, 1.82) is 0 Å². The minimum Gasteiger partial charge on any atom is -0.283 e. The van der Waals surface area contributed by atoms with Crippen molar-refractivity contribution in [3.8, 4) is 0 Å². The molecule has 11 heteroatoms. The third kappa shape index (κ3) is 5.32. The number of nitro groups is 1. The molecule has 1 aliphatic heterocycles. The lowest BCUT2D eigenvalue weighted by Gasteiger charge is -2.30. The molecule has 2 fully saturated rings. The minimum atomic E-state index is -3.80. The molecule has 2 aliphatic rings. The van der Waals surface area contributed by atoms with Crippen LogP contribution in [0.4, 0.5) is 11.4 Å². The van der Waals surface area contributed by atoms with Crippen molar-refractivity contribution >= 4 is 50.3 Å². The van der Waals surface area contributed by atoms with Crippen LogP contribution >= 0.6 is 11.8 Å². The normalized spacial score (nSPS) is 20.0. The second-order valence-electron chi connectivity index (χ2n) is 7.86. The molecular weight excluding hydrogens is 464 g/mol. The smallest absolute Gasteiger partial charge is 0.269 e. The molecule has 2 aromatic carbocycles. The third-order valence-electron chi connectivity index (χ3n) is 5.57. The number of carbonyl (C=O) groups excluding carboxylic acids is 1. The van der Waals surface area contributed by atoms with Gasteiger partial charge in [0.2, 0.25) is 10.0 Å². The van der Waals surface area contributed by atoms with Crippen LogP contribution in [0.25, 0.3) is 6.08 Å². The summed E-state index contributed by atoms with van der Waals surface area (Å²) in [5.41, 5.74) is 1.17. The molecule has 1 amide bonds. The molecule has 0 radical (unpaired) electrons. The lowest BCUT2D eigenvalue weighted by Crippen LogP contribution is -2.40. The Balaban J connectivity index is 1.67. The van der Waals surface area contributed by atoms with Crippen molar-refractivity contribution in [3.63, 3.8) is 0 Å². The maximum absolute atomic E-state index is 13.3. The van der Waals surface area contributed by atoms with Gasteiger partial charge in [-0.25, -0.2) is 18.5 Å². The second-order valence-corrected chi connectivity index (χ2v) is 10.4. The van der Waals surface area contributed by atoms with Crippen molar-refractivity contribution in [3.05, 3.63) is 69.1 Å². The van der Waals surface area contributed by atoms with E-state index in [1.54, 1.807) is 35.2 Å². The molecule has 172 valence electrons. The molecule has 0 aromatic heterocycles. The van der Waals surface area contributed by atoms with Crippen LogP contribution in [0.2, 0.25) is 0 Å². The average Bonchev–Trinajstić information content (AvgIpc) is 3.09. The Morgan fingerprint density at radius 3 is 2.27 bits per heavy atom. The maximum atomic E-state index is 13.3. The maximum Gasteiger partial charge on any atom is 0.269 e. The summed E-state index contributed by atoms with van der Waals surface area (Å²) in [5, 5.41) is 16.6. The first-order valence-electron chi connectivity index (χ1n) is 10.4. The zero-order valence-corrected chi connectivity index (χ0v) is 19.2. The molecule has 0 bridgehead atoms. The van der Waals surface area contributed by atoms with Gasteiger partial charge in [0.1, 0.15) is 0 Å². The number of hydrogen-bond donors (Lipinski definition) is 1. The summed E-state index contributed by atoms with van der Waals surface area (Å²) in [6.07, 6.45) is 6.70. The molecule has 0 unspecified atom stereocenters. The topological polar surface area (TPSA) is 136 Å². The van der Waals surface area contributed by atoms with Crippen molar-refractivity contribution in [1.82, 2.24) is 4.90 Å². The number of sulfonamides is 1. The SMILES string of the molecule is NS(=O)(=O)c1ccc(N=C2SC(=Cc3ccc([N+](=O)[O-])cc3)C(=O)N2C2CCCCC2)cc1. The molecule has 1 saturated heterocycles. The first-order chi connectivity index (χ1) is 15.7. The summed E-state index contributed by atoms with van der Waals surface area (Å²) < 4.78 is 23.0. The van der Waals surface area contributed by atoms with Gasteiger partial charge in [-0.3, -0.25) is 19.8 Å². The highest BCUT2D eigenvalue weighted by molar-refractivity contribution is 8.18. The quantitative estimate of drug-likeness (QED) is 0.382. The molecule has 9 nitrogen and oxygen atoms in total. The van der Waals surface area contributed by atoms with Gasteiger partial charge in [-0.2, -0.15) is 0 Å². The van der Waals surface area contributed by atoms with Crippen LogP contribution in [0.15, 0.2) is 63.3 Å². The van der Waals surface area contributed by atoms with Crippen molar-refractivity contribution in [2.45, 2.75) is 43.0 Å². The Morgan fingerprint density at radius 1 is 1.06 bits per heavy atom. The first kappa shape index (κ1) is 23.1. The van der Waals surface area contributed by atoms with E-state index in [9.17, 15) is 23.3 Å². The van der Waals surface area contributed by atoms with E-state index in [4.69, 9.17) is 5.14 Å². The van der Waals surface area contributed by atoms with Gasteiger partial charge < -0.3 is 0 Å². The van der Waals surface area contributed by atoms with E-state index in [1.165, 1.54) is 36.0 Å². The molecule has 33 heavy (non-hydrogen) atoms. The number of nitrogens with two attached hydrogens (primary N) is 1. The van der Waals surface area contributed by atoms with Crippen molar-refractivity contribution < 1.29 is 18.1 Å². The van der Waals surface area contributed by atoms with Crippen LogP contribution in [0.5, 0.6) is 0 Å². The highest BCUT2D eigenvalue weighted by Crippen LogP contribution is 2.38. The summed E-state index contributed by atoms with van der Waals surface area (Å²) in [6.45, 7) is 0. The average molecular weight is 487 g/mol. The molecule has 0 spiro atoms. The summed E-state index contributed by atoms with van der Waals surface area (Å²) in [5.74, 6) is -0.148. The Labute approximate surface area is 195 Å². The molecule has 4 rings (SSSR count). The van der Waals surface area contributed by atoms with Gasteiger partial charge in [-0.15, -0.1) is 0 Å². The largest absolute Gasteiger partial charge is 0.283 e. The van der Waals surface area contributed by atoms with Gasteiger partial charge in [0, 0.05) is 18.2 Å². The number of carbonyl (C=O) groups is 1. The van der Waals surface area contributed by atoms with E-state index < -0.39 is 14.9 Å². The summed E-state index contributed by atoms with van der Waals surface area (Å²) >= 11 is 1.24. The van der Waals surface area contributed by atoms with Gasteiger partial charge in [0.25, 0.3) is 11.6 Å². The standard InChI is InChI=1S/C22H22N4O5S2/c23-33(30,31)19-12-8-16(9-13-19)24-22-25(17-4-2-1-3-5-17)21(27)20(32-22)14-15-6-10-18(11-7-15)26(28)29/h6-14,17H,1-5H2,(H2,23,30,31). The van der Waals surface area contributed by atoms with Gasteiger partial charge >= 0.3 is 0 Å². The number of thioether (sulfide) groups is 1. The van der Waals surface area contributed by atoms with Gasteiger partial charge in [0.05, 0.1) is 20.4 Å². The third-order valence-corrected chi connectivity index (χ3v) is 7.48. The molecule has 1 heterocycles. The van der Waals surface area contributed by atoms with Crippen molar-refractivity contribution in [2.75, 3.05) is 0 Å². The van der Waals surface area contributed by atoms with E-state index in [0.717, 1.165) is 32.1 Å². The first-order valence-corrected chi connectivity index (χ1v) is 12.8. The highest BCUT2D eigenvalue weighted by atomic mass is 32.2. The van der Waals surface area contributed by atoms with E-state index >= 15 is 0 Å². The molecule has 1 saturated carbocycles. The zero-order chi connectivity index (χ0) is 23.6. The van der Waals surface area contributed by atoms with E-state index in [2.05, 4.69) is 4.99 Å². The van der Waals surface area contributed by atoms with E-state index in [1.807, 2.05) is 0 Å². The molecule has 1 aliphatic carbocycles. The van der Waals surface area contributed by atoms with Gasteiger partial charge in [-0.1, -0.05) is 19.3 Å². The predicted octanol–water partition coefficient (Wildman–Crippen LogP) is 4.18. The number of hydrogen-bond acceptors (Lipinski definition) is 7. The van der Waals surface area contributed by atoms with Crippen LogP contribution in [-0.2, 0) is 14.8 Å². The number of aliphatic imine (C=N–C) groups is 1. The van der Waals surface area contributed by atoms with Crippen molar-refractivity contribution in [2.24, 2.45) is 10.1 Å². The number of benzene rings is 2. The Kier molecular flexibility index (Phi) is 6.63. The van der Waals surface area contributed by atoms with Crippen LogP contribution in [-0.4, -0.2) is 35.4 Å². The number of rotatable bonds is 5. The predicted molar refractivity (Wildman–Crippen MR) is 127 cm³/mol. The van der Waals surface area contributed by atoms with Crippen LogP contribution < -0.4 is 5.14 Å². The fraction of sp³-hybridized carbons (Fsp3) is 0.273. The number of amides is 1. The van der Waals surface area contributed by atoms with Crippen LogP contribution in [0.1, 0.15) is 37.7 Å². The minimum absolute atomic E-state index is 0.00973. The fourth-order valence-corrected chi connectivity index (χ4v) is 5.46. The zero-order valence-electron chi connectivity index (χ0n) is 17.6. The van der Waals surface area contributed by atoms with E-state index in [-0.39, 0.29) is 22.5 Å². The second kappa shape index (κ2) is 9.46. The number of non-ortho nitro benzene ring substituents is 1. The summed E-state index contributed by atoms with van der Waals surface area (Å²) in [7, 11) is -3.80. The summed E-state index contributed by atoms with van der Waals surface area (Å²) in [4.78, 5) is 30.6. The Hall–Kier alpha value is -3.02. The molecular formula is C22H22N4O5S2. The lowest BCUT2D eigenvalue weighted by atomic mass is 9.94. The number of nitrogens with zero attached hydrogens (tertiary/aromatic N) is 3. The highest BCUT2D eigenvalue weighted by Gasteiger charge is 2.38. The number of primary sulfonamides is 1. The van der Waals surface area contributed by atoms with Crippen LogP contribution in [0.3, 0.4) is 0 Å². The molecule has 2 aromatic rings. The van der Waals surface area contributed by atoms with Gasteiger partial charge in [-0.05, 0) is 72.6 Å². The van der Waals surface area contributed by atoms with Gasteiger partial charge in [0.15, 0.2) is 5.17 Å². The lowest BCUT2D eigenvalue weighted by molar-refractivity contribution is -0.384. The Morgan fingerprint density at radius 2 is 1.70 bits per heavy atom. The Bertz CT molecular complexity index is 1230. The fourth-order valence-electron chi connectivity index (χ4n) is 3.89.